The van der Waals surface area contributed by atoms with Gasteiger partial charge in [-0.1, -0.05) is 29.2 Å². The van der Waals surface area contributed by atoms with Crippen LogP contribution in [0.15, 0.2) is 82.9 Å². The molecule has 0 saturated carbocycles. The van der Waals surface area contributed by atoms with Crippen LogP contribution in [0.4, 0.5) is 11.4 Å². The Morgan fingerprint density at radius 1 is 0.872 bits per heavy atom. The third kappa shape index (κ3) is 6.09. The van der Waals surface area contributed by atoms with E-state index in [0.29, 0.717) is 32.4 Å². The number of nitrogens with zero attached hydrogens (tertiary/aromatic N) is 3. The molecule has 2 aliphatic heterocycles. The van der Waals surface area contributed by atoms with Crippen LogP contribution < -0.4 is 15.1 Å². The summed E-state index contributed by atoms with van der Waals surface area (Å²) in [5, 5.41) is 2.29. The molecule has 0 bridgehead atoms. The van der Waals surface area contributed by atoms with E-state index in [0.717, 1.165) is 28.0 Å². The van der Waals surface area contributed by atoms with E-state index >= 15 is 0 Å². The van der Waals surface area contributed by atoms with E-state index in [4.69, 9.17) is 9.47 Å². The van der Waals surface area contributed by atoms with Crippen LogP contribution in [0.5, 0.6) is 0 Å². The van der Waals surface area contributed by atoms with Gasteiger partial charge in [-0.05, 0) is 74.0 Å². The monoisotopic (exact) mass is 672 g/mol. The number of anilines is 2. The summed E-state index contributed by atoms with van der Waals surface area (Å²) >= 11 is 2.02. The molecule has 12 nitrogen and oxygen atoms in total. The second-order valence-corrected chi connectivity index (χ2v) is 12.7. The number of carbonyl (C=O) groups excluding carboxylic acids is 5. The lowest BCUT2D eigenvalue weighted by molar-refractivity contribution is -0.122. The van der Waals surface area contributed by atoms with Gasteiger partial charge in [-0.15, -0.1) is 0 Å². The highest BCUT2D eigenvalue weighted by molar-refractivity contribution is 8.00. The fraction of sp³-hybridized carbons (Fsp3) is 0.242. The minimum Gasteiger partial charge on any atom is -0.462 e. The standard InChI is InChI=1S/C33H28N4O8S2/c1-3-44-31(41)18-7-11-21(12-8-18)35-23(38)17-36-30-27(47-33(36)43)24(20-6-5-15-34-16-20)25-26(46-30)29(40)37(28(25)39)22-13-9-19(10-14-22)32(42)45-4-2/h5-16,24-26H,3-4,17H2,1-2H3,(H,35,38). The predicted octanol–water partition coefficient (Wildman–Crippen LogP) is 4.09. The van der Waals surface area contributed by atoms with Gasteiger partial charge >= 0.3 is 16.8 Å². The number of imide groups is 1. The maximum absolute atomic E-state index is 14.0. The van der Waals surface area contributed by atoms with Crippen molar-refractivity contribution in [3.8, 4) is 0 Å². The molecule has 47 heavy (non-hydrogen) atoms. The molecule has 1 fully saturated rings. The van der Waals surface area contributed by atoms with E-state index in [9.17, 15) is 28.8 Å². The molecule has 14 heteroatoms. The summed E-state index contributed by atoms with van der Waals surface area (Å²) in [5.41, 5.74) is 2.00. The zero-order valence-electron chi connectivity index (χ0n) is 25.2. The largest absolute Gasteiger partial charge is 0.462 e. The number of esters is 2. The Balaban J connectivity index is 1.30. The van der Waals surface area contributed by atoms with Gasteiger partial charge in [-0.2, -0.15) is 0 Å². The second-order valence-electron chi connectivity index (χ2n) is 10.6. The first kappa shape index (κ1) is 31.9. The zero-order chi connectivity index (χ0) is 33.2. The minimum atomic E-state index is -0.885. The van der Waals surface area contributed by atoms with Crippen molar-refractivity contribution in [1.82, 2.24) is 9.55 Å². The number of ether oxygens (including phenoxy) is 2. The normalized spacial score (nSPS) is 18.3. The first-order chi connectivity index (χ1) is 22.7. The van der Waals surface area contributed by atoms with Crippen LogP contribution in [0.1, 0.15) is 50.9 Å². The molecule has 1 saturated heterocycles. The van der Waals surface area contributed by atoms with Gasteiger partial charge in [0, 0.05) is 28.9 Å². The molecule has 0 radical (unpaired) electrons. The quantitative estimate of drug-likeness (QED) is 0.203. The van der Waals surface area contributed by atoms with Crippen LogP contribution in [0.3, 0.4) is 0 Å². The van der Waals surface area contributed by atoms with Crippen LogP contribution in [-0.2, 0) is 30.4 Å². The van der Waals surface area contributed by atoms with Crippen molar-refractivity contribution >= 4 is 64.1 Å². The molecule has 2 aromatic carbocycles. The molecule has 2 aliphatic rings. The Labute approximate surface area is 276 Å². The Morgan fingerprint density at radius 2 is 1.51 bits per heavy atom. The van der Waals surface area contributed by atoms with Crippen LogP contribution in [-0.4, -0.2) is 57.7 Å². The zero-order valence-corrected chi connectivity index (χ0v) is 26.8. The number of pyridine rings is 1. The third-order valence-electron chi connectivity index (χ3n) is 7.71. The predicted molar refractivity (Wildman–Crippen MR) is 174 cm³/mol. The number of nitrogens with one attached hydrogen (secondary N) is 1. The first-order valence-corrected chi connectivity index (χ1v) is 16.4. The number of amides is 3. The number of fused-ring (bicyclic) bond motifs is 2. The first-order valence-electron chi connectivity index (χ1n) is 14.7. The van der Waals surface area contributed by atoms with Gasteiger partial charge in [0.05, 0.1) is 41.0 Å². The van der Waals surface area contributed by atoms with Crippen molar-refractivity contribution in [3.05, 3.63) is 104 Å². The van der Waals surface area contributed by atoms with Crippen molar-refractivity contribution in [2.75, 3.05) is 23.4 Å². The summed E-state index contributed by atoms with van der Waals surface area (Å²) < 4.78 is 11.3. The lowest BCUT2D eigenvalue weighted by Crippen LogP contribution is -2.33. The van der Waals surface area contributed by atoms with Crippen LogP contribution in [0.25, 0.3) is 0 Å². The summed E-state index contributed by atoms with van der Waals surface area (Å²) in [5.74, 6) is -3.90. The molecule has 0 aliphatic carbocycles. The van der Waals surface area contributed by atoms with E-state index in [2.05, 4.69) is 10.3 Å². The number of thiazole rings is 1. The van der Waals surface area contributed by atoms with Gasteiger partial charge in [0.1, 0.15) is 11.8 Å². The number of hydrogen-bond acceptors (Lipinski definition) is 11. The summed E-state index contributed by atoms with van der Waals surface area (Å²) in [6.45, 7) is 3.51. The molecular formula is C33H28N4O8S2. The summed E-state index contributed by atoms with van der Waals surface area (Å²) in [7, 11) is 0. The fourth-order valence-electron chi connectivity index (χ4n) is 5.64. The Morgan fingerprint density at radius 3 is 2.11 bits per heavy atom. The highest BCUT2D eigenvalue weighted by atomic mass is 32.2. The fourth-order valence-corrected chi connectivity index (χ4v) is 8.41. The van der Waals surface area contributed by atoms with Crippen LogP contribution in [0.2, 0.25) is 0 Å². The number of carbonyl (C=O) groups is 5. The lowest BCUT2D eigenvalue weighted by atomic mass is 9.84. The van der Waals surface area contributed by atoms with Crippen molar-refractivity contribution in [2.45, 2.75) is 36.6 Å². The number of thioether (sulfide) groups is 1. The van der Waals surface area contributed by atoms with Crippen molar-refractivity contribution in [1.29, 1.82) is 0 Å². The molecule has 3 amide bonds. The maximum atomic E-state index is 14.0. The van der Waals surface area contributed by atoms with Crippen molar-refractivity contribution < 1.29 is 33.4 Å². The number of aromatic nitrogens is 2. The van der Waals surface area contributed by atoms with Gasteiger partial charge in [-0.3, -0.25) is 28.7 Å². The molecule has 1 N–H and O–H groups in total. The van der Waals surface area contributed by atoms with Gasteiger partial charge < -0.3 is 14.8 Å². The van der Waals surface area contributed by atoms with Gasteiger partial charge in [0.25, 0.3) is 0 Å². The van der Waals surface area contributed by atoms with E-state index < -0.39 is 51.6 Å². The highest BCUT2D eigenvalue weighted by Crippen LogP contribution is 2.53. The van der Waals surface area contributed by atoms with Crippen LogP contribution >= 0.6 is 23.1 Å². The number of rotatable bonds is 9. The highest BCUT2D eigenvalue weighted by Gasteiger charge is 2.57. The third-order valence-corrected chi connectivity index (χ3v) is 10.3. The Kier molecular flexibility index (Phi) is 9.05. The molecular weight excluding hydrogens is 645 g/mol. The second kappa shape index (κ2) is 13.3. The van der Waals surface area contributed by atoms with Crippen molar-refractivity contribution in [2.24, 2.45) is 5.92 Å². The number of benzene rings is 2. The van der Waals surface area contributed by atoms with E-state index in [1.807, 2.05) is 0 Å². The lowest BCUT2D eigenvalue weighted by Gasteiger charge is -2.30. The molecule has 6 rings (SSSR count). The summed E-state index contributed by atoms with van der Waals surface area (Å²) in [4.78, 5) is 84.1. The molecule has 4 aromatic rings. The Hall–Kier alpha value is -5.08. The van der Waals surface area contributed by atoms with Crippen molar-refractivity contribution in [3.63, 3.8) is 0 Å². The topological polar surface area (TPSA) is 154 Å². The van der Waals surface area contributed by atoms with Gasteiger partial charge in [0.2, 0.25) is 17.7 Å². The average molecular weight is 673 g/mol. The maximum Gasteiger partial charge on any atom is 0.338 e. The smallest absolute Gasteiger partial charge is 0.338 e. The van der Waals surface area contributed by atoms with E-state index in [-0.39, 0.29) is 25.3 Å². The van der Waals surface area contributed by atoms with Gasteiger partial charge in [0.15, 0.2) is 0 Å². The summed E-state index contributed by atoms with van der Waals surface area (Å²) in [6, 6.07) is 15.7. The molecule has 2 aromatic heterocycles. The van der Waals surface area contributed by atoms with Gasteiger partial charge in [-0.25, -0.2) is 14.5 Å². The SMILES string of the molecule is CCOC(=O)c1ccc(NC(=O)Cn2c3c(sc2=O)C(c2cccnc2)C2C(=O)N(c4ccc(C(=O)OCC)cc4)C(=O)C2S3)cc1. The molecule has 3 unspecified atom stereocenters. The average Bonchev–Trinajstić information content (AvgIpc) is 3.51. The number of hydrogen-bond donors (Lipinski definition) is 1. The minimum absolute atomic E-state index is 0.209. The van der Waals surface area contributed by atoms with E-state index in [1.165, 1.54) is 41.0 Å². The molecule has 240 valence electrons. The molecule has 0 spiro atoms. The molecule has 3 atom stereocenters. The Bertz CT molecular complexity index is 1920. The van der Waals surface area contributed by atoms with Crippen LogP contribution in [0, 0.1) is 5.92 Å². The van der Waals surface area contributed by atoms with E-state index in [1.54, 1.807) is 50.5 Å². The summed E-state index contributed by atoms with van der Waals surface area (Å²) in [6.07, 6.45) is 3.20. The molecule has 4 heterocycles.